The molecular formula is C18H23NO5. The van der Waals surface area contributed by atoms with E-state index < -0.39 is 17.9 Å². The molecule has 130 valence electrons. The van der Waals surface area contributed by atoms with Gasteiger partial charge in [0.15, 0.2) is 5.78 Å². The van der Waals surface area contributed by atoms with Crippen LogP contribution < -0.4 is 5.32 Å². The number of carbonyl (C=O) groups is 3. The third-order valence-corrected chi connectivity index (χ3v) is 4.24. The van der Waals surface area contributed by atoms with Gasteiger partial charge in [-0.3, -0.25) is 9.59 Å². The summed E-state index contributed by atoms with van der Waals surface area (Å²) >= 11 is 0. The highest BCUT2D eigenvalue weighted by molar-refractivity contribution is 5.98. The van der Waals surface area contributed by atoms with E-state index in [-0.39, 0.29) is 31.7 Å². The maximum atomic E-state index is 12.2. The van der Waals surface area contributed by atoms with Gasteiger partial charge < -0.3 is 15.2 Å². The van der Waals surface area contributed by atoms with Crippen LogP contribution in [0.3, 0.4) is 0 Å². The molecular weight excluding hydrogens is 310 g/mol. The van der Waals surface area contributed by atoms with Gasteiger partial charge in [0.25, 0.3) is 0 Å². The fourth-order valence-corrected chi connectivity index (χ4v) is 2.88. The van der Waals surface area contributed by atoms with Crippen LogP contribution in [-0.2, 0) is 27.2 Å². The number of carbonyl (C=O) groups excluding carboxylic acids is 2. The molecule has 1 aliphatic carbocycles. The summed E-state index contributed by atoms with van der Waals surface area (Å²) in [6.07, 6.45) is 3.42. The molecule has 2 N–H and O–H groups in total. The monoisotopic (exact) mass is 333 g/mol. The zero-order valence-corrected chi connectivity index (χ0v) is 13.8. The van der Waals surface area contributed by atoms with Gasteiger partial charge in [-0.2, -0.15) is 0 Å². The SMILES string of the molecule is COCCC(NC(=O)CCC(=O)c1ccc2c(c1)CCC2)C(=O)O. The number of benzene rings is 1. The van der Waals surface area contributed by atoms with Gasteiger partial charge in [0, 0.05) is 38.5 Å². The van der Waals surface area contributed by atoms with Gasteiger partial charge in [-0.25, -0.2) is 4.79 Å². The molecule has 1 amide bonds. The first-order valence-corrected chi connectivity index (χ1v) is 8.17. The van der Waals surface area contributed by atoms with Crippen LogP contribution in [0.5, 0.6) is 0 Å². The van der Waals surface area contributed by atoms with Crippen molar-refractivity contribution >= 4 is 17.7 Å². The Morgan fingerprint density at radius 3 is 2.67 bits per heavy atom. The molecule has 2 rings (SSSR count). The number of nitrogens with one attached hydrogen (secondary N) is 1. The number of hydrogen-bond acceptors (Lipinski definition) is 4. The van der Waals surface area contributed by atoms with Crippen LogP contribution in [0.1, 0.15) is 47.2 Å². The van der Waals surface area contributed by atoms with E-state index in [1.807, 2.05) is 18.2 Å². The first-order valence-electron chi connectivity index (χ1n) is 8.17. The lowest BCUT2D eigenvalue weighted by Gasteiger charge is -2.13. The van der Waals surface area contributed by atoms with Gasteiger partial charge in [-0.1, -0.05) is 12.1 Å². The summed E-state index contributed by atoms with van der Waals surface area (Å²) in [5, 5.41) is 11.5. The number of aryl methyl sites for hydroxylation is 2. The molecule has 6 heteroatoms. The van der Waals surface area contributed by atoms with Gasteiger partial charge in [0.1, 0.15) is 6.04 Å². The largest absolute Gasteiger partial charge is 0.480 e. The van der Waals surface area contributed by atoms with E-state index in [0.29, 0.717) is 5.56 Å². The van der Waals surface area contributed by atoms with Gasteiger partial charge in [-0.05, 0) is 36.5 Å². The second-order valence-corrected chi connectivity index (χ2v) is 6.00. The molecule has 0 heterocycles. The number of Topliss-reactive ketones (excluding diaryl/α,β-unsaturated/α-hetero) is 1. The first-order chi connectivity index (χ1) is 11.5. The van der Waals surface area contributed by atoms with Crippen molar-refractivity contribution in [3.63, 3.8) is 0 Å². The molecule has 0 bridgehead atoms. The minimum atomic E-state index is -1.11. The Balaban J connectivity index is 1.84. The summed E-state index contributed by atoms with van der Waals surface area (Å²) in [5.74, 6) is -1.64. The maximum Gasteiger partial charge on any atom is 0.326 e. The highest BCUT2D eigenvalue weighted by atomic mass is 16.5. The summed E-state index contributed by atoms with van der Waals surface area (Å²) in [4.78, 5) is 35.2. The Kier molecular flexibility index (Phi) is 6.49. The van der Waals surface area contributed by atoms with Crippen molar-refractivity contribution in [3.8, 4) is 0 Å². The molecule has 24 heavy (non-hydrogen) atoms. The Labute approximate surface area is 141 Å². The van der Waals surface area contributed by atoms with E-state index in [0.717, 1.165) is 19.3 Å². The Morgan fingerprint density at radius 2 is 1.96 bits per heavy atom. The number of fused-ring (bicyclic) bond motifs is 1. The molecule has 1 aliphatic rings. The Hall–Kier alpha value is -2.21. The van der Waals surface area contributed by atoms with Crippen molar-refractivity contribution in [1.82, 2.24) is 5.32 Å². The summed E-state index contributed by atoms with van der Waals surface area (Å²) in [7, 11) is 1.47. The molecule has 0 saturated carbocycles. The fourth-order valence-electron chi connectivity index (χ4n) is 2.88. The lowest BCUT2D eigenvalue weighted by atomic mass is 10.0. The zero-order valence-electron chi connectivity index (χ0n) is 13.8. The van der Waals surface area contributed by atoms with Crippen molar-refractivity contribution in [2.75, 3.05) is 13.7 Å². The number of hydrogen-bond donors (Lipinski definition) is 2. The standard InChI is InChI=1S/C18H23NO5/c1-24-10-9-15(18(22)23)19-17(21)8-7-16(20)14-6-5-12-3-2-4-13(12)11-14/h5-6,11,15H,2-4,7-10H2,1H3,(H,19,21)(H,22,23). The van der Waals surface area contributed by atoms with Crippen LogP contribution in [0.2, 0.25) is 0 Å². The number of carboxylic acids is 1. The Bertz CT molecular complexity index is 626. The molecule has 0 saturated heterocycles. The van der Waals surface area contributed by atoms with E-state index in [1.54, 1.807) is 0 Å². The van der Waals surface area contributed by atoms with Gasteiger partial charge in [0.2, 0.25) is 5.91 Å². The number of ether oxygens (including phenoxy) is 1. The van der Waals surface area contributed by atoms with E-state index in [1.165, 1.54) is 18.2 Å². The number of amides is 1. The quantitative estimate of drug-likeness (QED) is 0.672. The molecule has 0 spiro atoms. The fraction of sp³-hybridized carbons (Fsp3) is 0.500. The molecule has 0 fully saturated rings. The van der Waals surface area contributed by atoms with Crippen molar-refractivity contribution < 1.29 is 24.2 Å². The summed E-state index contributed by atoms with van der Waals surface area (Å²) in [6.45, 7) is 0.241. The van der Waals surface area contributed by atoms with Crippen molar-refractivity contribution in [1.29, 1.82) is 0 Å². The second kappa shape index (κ2) is 8.59. The van der Waals surface area contributed by atoms with Gasteiger partial charge in [0.05, 0.1) is 0 Å². The predicted octanol–water partition coefficient (Wildman–Crippen LogP) is 1.74. The van der Waals surface area contributed by atoms with E-state index in [4.69, 9.17) is 9.84 Å². The summed E-state index contributed by atoms with van der Waals surface area (Å²) in [5.41, 5.74) is 3.14. The van der Waals surface area contributed by atoms with Gasteiger partial charge >= 0.3 is 5.97 Å². The molecule has 0 aromatic heterocycles. The topological polar surface area (TPSA) is 92.7 Å². The second-order valence-electron chi connectivity index (χ2n) is 6.00. The summed E-state index contributed by atoms with van der Waals surface area (Å²) in [6, 6.07) is 4.72. The molecule has 1 aromatic carbocycles. The van der Waals surface area contributed by atoms with Crippen molar-refractivity contribution in [3.05, 3.63) is 34.9 Å². The van der Waals surface area contributed by atoms with Crippen LogP contribution in [0.15, 0.2) is 18.2 Å². The molecule has 1 aromatic rings. The van der Waals surface area contributed by atoms with Crippen molar-refractivity contribution in [2.45, 2.75) is 44.6 Å². The van der Waals surface area contributed by atoms with Crippen molar-refractivity contribution in [2.24, 2.45) is 0 Å². The average molecular weight is 333 g/mol. The smallest absolute Gasteiger partial charge is 0.326 e. The minimum absolute atomic E-state index is 0.0212. The predicted molar refractivity (Wildman–Crippen MR) is 88.1 cm³/mol. The number of rotatable bonds is 9. The number of carboxylic acid groups (broad SMARTS) is 1. The molecule has 6 nitrogen and oxygen atoms in total. The minimum Gasteiger partial charge on any atom is -0.480 e. The van der Waals surface area contributed by atoms with E-state index >= 15 is 0 Å². The number of aliphatic carboxylic acids is 1. The van der Waals surface area contributed by atoms with Crippen LogP contribution in [-0.4, -0.2) is 42.5 Å². The molecule has 1 atom stereocenters. The molecule has 0 aliphatic heterocycles. The lowest BCUT2D eigenvalue weighted by Crippen LogP contribution is -2.41. The Morgan fingerprint density at radius 1 is 1.21 bits per heavy atom. The number of methoxy groups -OCH3 is 1. The highest BCUT2D eigenvalue weighted by Crippen LogP contribution is 2.23. The van der Waals surface area contributed by atoms with E-state index in [2.05, 4.69) is 5.32 Å². The third kappa shape index (κ3) is 4.89. The molecule has 0 radical (unpaired) electrons. The average Bonchev–Trinajstić information content (AvgIpc) is 3.03. The highest BCUT2D eigenvalue weighted by Gasteiger charge is 2.20. The zero-order chi connectivity index (χ0) is 17.5. The number of ketones is 1. The molecule has 1 unspecified atom stereocenters. The van der Waals surface area contributed by atoms with E-state index in [9.17, 15) is 14.4 Å². The first kappa shape index (κ1) is 18.1. The van der Waals surface area contributed by atoms with Crippen LogP contribution >= 0.6 is 0 Å². The lowest BCUT2D eigenvalue weighted by molar-refractivity contribution is -0.142. The third-order valence-electron chi connectivity index (χ3n) is 4.24. The maximum absolute atomic E-state index is 12.2. The van der Waals surface area contributed by atoms with Crippen LogP contribution in [0, 0.1) is 0 Å². The van der Waals surface area contributed by atoms with Crippen LogP contribution in [0.25, 0.3) is 0 Å². The summed E-state index contributed by atoms with van der Waals surface area (Å²) < 4.78 is 4.83. The van der Waals surface area contributed by atoms with Gasteiger partial charge in [-0.15, -0.1) is 0 Å². The normalized spacial score (nSPS) is 14.0. The van der Waals surface area contributed by atoms with Crippen LogP contribution in [0.4, 0.5) is 0 Å².